The number of hydrogen-bond acceptors (Lipinski definition) is 7. The molecule has 0 saturated carbocycles. The zero-order chi connectivity index (χ0) is 23.3. The van der Waals surface area contributed by atoms with Crippen molar-refractivity contribution in [1.29, 1.82) is 0 Å². The number of amides is 2. The fraction of sp³-hybridized carbons (Fsp3) is 0.261. The molecular formula is C23H22ClNO6S. The summed E-state index contributed by atoms with van der Waals surface area (Å²) < 4.78 is 16.1. The molecule has 2 amide bonds. The molecule has 1 fully saturated rings. The Bertz CT molecular complexity index is 1070. The molecule has 0 radical (unpaired) electrons. The van der Waals surface area contributed by atoms with Crippen molar-refractivity contribution < 1.29 is 28.6 Å². The van der Waals surface area contributed by atoms with Gasteiger partial charge in [-0.1, -0.05) is 41.4 Å². The number of nitrogens with zero attached hydrogens (tertiary/aromatic N) is 1. The monoisotopic (exact) mass is 475 g/mol. The summed E-state index contributed by atoms with van der Waals surface area (Å²) in [5, 5.41) is -0.237. The summed E-state index contributed by atoms with van der Waals surface area (Å²) in [7, 11) is 1.49. The van der Waals surface area contributed by atoms with Crippen LogP contribution in [0.2, 0.25) is 5.02 Å². The summed E-state index contributed by atoms with van der Waals surface area (Å²) in [6.45, 7) is 3.71. The Kier molecular flexibility index (Phi) is 7.82. The normalized spacial score (nSPS) is 14.8. The topological polar surface area (TPSA) is 82.1 Å². The summed E-state index contributed by atoms with van der Waals surface area (Å²) in [4.78, 5) is 37.4. The molecule has 1 aliphatic heterocycles. The fourth-order valence-electron chi connectivity index (χ4n) is 2.93. The third-order valence-corrected chi connectivity index (χ3v) is 5.71. The molecule has 0 N–H and O–H groups in total. The van der Waals surface area contributed by atoms with E-state index >= 15 is 0 Å². The van der Waals surface area contributed by atoms with Gasteiger partial charge in [0.2, 0.25) is 0 Å². The van der Waals surface area contributed by atoms with Crippen LogP contribution in [0.25, 0.3) is 6.08 Å². The van der Waals surface area contributed by atoms with E-state index in [1.54, 1.807) is 19.1 Å². The number of imide groups is 1. The number of carbonyl (C=O) groups excluding carboxylic acids is 3. The van der Waals surface area contributed by atoms with Crippen LogP contribution in [0.4, 0.5) is 4.79 Å². The average Bonchev–Trinajstić information content (AvgIpc) is 3.01. The molecule has 0 unspecified atom stereocenters. The molecule has 7 nitrogen and oxygen atoms in total. The van der Waals surface area contributed by atoms with Crippen molar-refractivity contribution in [3.63, 3.8) is 0 Å². The van der Waals surface area contributed by atoms with Gasteiger partial charge in [-0.05, 0) is 54.9 Å². The molecule has 0 spiro atoms. The molecule has 1 aliphatic rings. The molecule has 168 valence electrons. The first-order valence-electron chi connectivity index (χ1n) is 9.79. The van der Waals surface area contributed by atoms with Crippen molar-refractivity contribution in [1.82, 2.24) is 4.90 Å². The van der Waals surface area contributed by atoms with E-state index in [0.29, 0.717) is 28.7 Å². The number of thioether (sulfide) groups is 1. The van der Waals surface area contributed by atoms with Gasteiger partial charge in [-0.15, -0.1) is 0 Å². The molecule has 1 heterocycles. The molecule has 3 rings (SSSR count). The van der Waals surface area contributed by atoms with Crippen LogP contribution in [0, 0.1) is 6.92 Å². The van der Waals surface area contributed by atoms with Crippen LogP contribution in [0.15, 0.2) is 41.3 Å². The van der Waals surface area contributed by atoms with E-state index in [4.69, 9.17) is 25.8 Å². The summed E-state index contributed by atoms with van der Waals surface area (Å²) in [5.41, 5.74) is 2.68. The number of ether oxygens (including phenoxy) is 3. The number of methoxy groups -OCH3 is 1. The molecular weight excluding hydrogens is 454 g/mol. The molecule has 2 aromatic rings. The van der Waals surface area contributed by atoms with Crippen LogP contribution in [-0.4, -0.2) is 42.3 Å². The highest BCUT2D eigenvalue weighted by molar-refractivity contribution is 8.18. The fourth-order valence-corrected chi connectivity index (χ4v) is 4.04. The van der Waals surface area contributed by atoms with E-state index in [-0.39, 0.29) is 11.5 Å². The minimum atomic E-state index is -0.643. The maximum atomic E-state index is 12.6. The number of benzene rings is 2. The second-order valence-electron chi connectivity index (χ2n) is 6.88. The van der Waals surface area contributed by atoms with Crippen molar-refractivity contribution in [2.75, 3.05) is 20.3 Å². The standard InChI is InChI=1S/C23H22ClNO6S/c1-4-30-20(26)12-25-22(27)19(32-23(25)28)11-16-9-17(24)21(18(10-16)29-3)31-13-15-7-5-14(2)6-8-15/h5-11H,4,12-13H2,1-3H3/b19-11-. The quantitative estimate of drug-likeness (QED) is 0.399. The third-order valence-electron chi connectivity index (χ3n) is 4.52. The number of halogens is 1. The SMILES string of the molecule is CCOC(=O)CN1C(=O)S/C(=C\c2cc(Cl)c(OCc3ccc(C)cc3)c(OC)c2)C1=O. The largest absolute Gasteiger partial charge is 0.493 e. The number of hydrogen-bond donors (Lipinski definition) is 0. The van der Waals surface area contributed by atoms with E-state index in [2.05, 4.69) is 0 Å². The van der Waals surface area contributed by atoms with Crippen molar-refractivity contribution in [3.8, 4) is 11.5 Å². The van der Waals surface area contributed by atoms with Crippen molar-refractivity contribution in [2.24, 2.45) is 0 Å². The Morgan fingerprint density at radius 3 is 2.56 bits per heavy atom. The third kappa shape index (κ3) is 5.63. The lowest BCUT2D eigenvalue weighted by atomic mass is 10.1. The molecule has 9 heteroatoms. The summed E-state index contributed by atoms with van der Waals surface area (Å²) >= 11 is 7.17. The van der Waals surface area contributed by atoms with Gasteiger partial charge in [-0.25, -0.2) is 0 Å². The van der Waals surface area contributed by atoms with Crippen LogP contribution in [-0.2, 0) is 20.9 Å². The van der Waals surface area contributed by atoms with Crippen molar-refractivity contribution >= 4 is 46.6 Å². The summed E-state index contributed by atoms with van der Waals surface area (Å²) in [5.74, 6) is -0.442. The molecule has 32 heavy (non-hydrogen) atoms. The minimum Gasteiger partial charge on any atom is -0.493 e. The summed E-state index contributed by atoms with van der Waals surface area (Å²) in [6, 6.07) is 11.2. The highest BCUT2D eigenvalue weighted by Crippen LogP contribution is 2.39. The predicted molar refractivity (Wildman–Crippen MR) is 123 cm³/mol. The van der Waals surface area contributed by atoms with Gasteiger partial charge in [0.05, 0.1) is 23.6 Å². The molecule has 0 bridgehead atoms. The van der Waals surface area contributed by atoms with E-state index < -0.39 is 23.7 Å². The first-order valence-corrected chi connectivity index (χ1v) is 11.0. The van der Waals surface area contributed by atoms with Gasteiger partial charge in [0.25, 0.3) is 11.1 Å². The molecule has 0 aromatic heterocycles. The first kappa shape index (κ1) is 23.7. The lowest BCUT2D eigenvalue weighted by molar-refractivity contribution is -0.145. The Morgan fingerprint density at radius 1 is 1.19 bits per heavy atom. The Labute approximate surface area is 195 Å². The Balaban J connectivity index is 1.78. The predicted octanol–water partition coefficient (Wildman–Crippen LogP) is 4.84. The maximum Gasteiger partial charge on any atom is 0.326 e. The van der Waals surface area contributed by atoms with Crippen LogP contribution in [0.1, 0.15) is 23.6 Å². The number of rotatable bonds is 8. The molecule has 2 aromatic carbocycles. The highest BCUT2D eigenvalue weighted by atomic mass is 35.5. The number of carbonyl (C=O) groups is 3. The number of esters is 1. The van der Waals surface area contributed by atoms with Gasteiger partial charge in [-0.2, -0.15) is 0 Å². The lowest BCUT2D eigenvalue weighted by Gasteiger charge is -2.14. The van der Waals surface area contributed by atoms with Crippen LogP contribution < -0.4 is 9.47 Å². The van der Waals surface area contributed by atoms with Crippen molar-refractivity contribution in [2.45, 2.75) is 20.5 Å². The van der Waals surface area contributed by atoms with Gasteiger partial charge in [0, 0.05) is 0 Å². The van der Waals surface area contributed by atoms with E-state index in [1.165, 1.54) is 13.2 Å². The molecule has 0 aliphatic carbocycles. The number of aryl methyl sites for hydroxylation is 1. The van der Waals surface area contributed by atoms with E-state index in [0.717, 1.165) is 27.8 Å². The van der Waals surface area contributed by atoms with Gasteiger partial charge in [0.15, 0.2) is 11.5 Å². The average molecular weight is 476 g/mol. The maximum absolute atomic E-state index is 12.6. The molecule has 0 atom stereocenters. The van der Waals surface area contributed by atoms with Crippen LogP contribution >= 0.6 is 23.4 Å². The zero-order valence-corrected chi connectivity index (χ0v) is 19.4. The van der Waals surface area contributed by atoms with E-state index in [9.17, 15) is 14.4 Å². The first-order chi connectivity index (χ1) is 15.3. The smallest absolute Gasteiger partial charge is 0.326 e. The highest BCUT2D eigenvalue weighted by Gasteiger charge is 2.36. The second-order valence-corrected chi connectivity index (χ2v) is 8.28. The van der Waals surface area contributed by atoms with Crippen LogP contribution in [0.5, 0.6) is 11.5 Å². The minimum absolute atomic E-state index is 0.168. The summed E-state index contributed by atoms with van der Waals surface area (Å²) in [6.07, 6.45) is 1.52. The molecule has 1 saturated heterocycles. The van der Waals surface area contributed by atoms with Gasteiger partial charge < -0.3 is 14.2 Å². The van der Waals surface area contributed by atoms with Gasteiger partial charge >= 0.3 is 5.97 Å². The van der Waals surface area contributed by atoms with Crippen molar-refractivity contribution in [3.05, 3.63) is 63.0 Å². The van der Waals surface area contributed by atoms with Gasteiger partial charge in [-0.3, -0.25) is 19.3 Å². The van der Waals surface area contributed by atoms with Crippen LogP contribution in [0.3, 0.4) is 0 Å². The lowest BCUT2D eigenvalue weighted by Crippen LogP contribution is -2.34. The van der Waals surface area contributed by atoms with Gasteiger partial charge in [0.1, 0.15) is 13.2 Å². The zero-order valence-electron chi connectivity index (χ0n) is 17.8. The Morgan fingerprint density at radius 2 is 1.91 bits per heavy atom. The second kappa shape index (κ2) is 10.6. The Hall–Kier alpha value is -2.97. The van der Waals surface area contributed by atoms with E-state index in [1.807, 2.05) is 31.2 Å².